The molecular formula is C19H26N4O2. The number of hydrogen-bond donors (Lipinski definition) is 1. The number of carbonyl (C=O) groups is 1. The number of aromatic nitrogens is 2. The fraction of sp³-hybridized carbons (Fsp3) is 0.526. The van der Waals surface area contributed by atoms with Crippen molar-refractivity contribution in [1.82, 2.24) is 15.0 Å². The summed E-state index contributed by atoms with van der Waals surface area (Å²) in [4.78, 5) is 18.9. The Hall–Kier alpha value is -2.21. The van der Waals surface area contributed by atoms with Crippen LogP contribution in [0.1, 0.15) is 56.2 Å². The summed E-state index contributed by atoms with van der Waals surface area (Å²) in [6.45, 7) is 7.00. The monoisotopic (exact) mass is 342 g/mol. The quantitative estimate of drug-likeness (QED) is 0.922. The lowest BCUT2D eigenvalue weighted by Gasteiger charge is -2.34. The largest absolute Gasteiger partial charge is 0.341 e. The van der Waals surface area contributed by atoms with Crippen LogP contribution in [-0.2, 0) is 5.54 Å². The Balaban J connectivity index is 1.81. The first-order valence-corrected chi connectivity index (χ1v) is 8.67. The van der Waals surface area contributed by atoms with Gasteiger partial charge in [-0.1, -0.05) is 32.0 Å². The minimum Gasteiger partial charge on any atom is -0.341 e. The SMILES string of the molecule is CN(CC(C)(C)C)C(=O)c1cccc(-c2nc(C3(N)CCC3)no2)c1. The van der Waals surface area contributed by atoms with Crippen LogP contribution >= 0.6 is 0 Å². The van der Waals surface area contributed by atoms with Crippen LogP contribution < -0.4 is 5.73 Å². The van der Waals surface area contributed by atoms with E-state index in [1.54, 1.807) is 17.0 Å². The number of benzene rings is 1. The van der Waals surface area contributed by atoms with Crippen molar-refractivity contribution in [1.29, 1.82) is 0 Å². The second-order valence-corrected chi connectivity index (χ2v) is 8.24. The van der Waals surface area contributed by atoms with E-state index in [-0.39, 0.29) is 11.3 Å². The van der Waals surface area contributed by atoms with Crippen LogP contribution in [-0.4, -0.2) is 34.5 Å². The Labute approximate surface area is 148 Å². The number of amides is 1. The van der Waals surface area contributed by atoms with Crippen molar-refractivity contribution < 1.29 is 9.32 Å². The highest BCUT2D eigenvalue weighted by atomic mass is 16.5. The number of carbonyl (C=O) groups excluding carboxylic acids is 1. The molecule has 25 heavy (non-hydrogen) atoms. The minimum absolute atomic E-state index is 0.0224. The lowest BCUT2D eigenvalue weighted by atomic mass is 9.77. The maximum Gasteiger partial charge on any atom is 0.258 e. The van der Waals surface area contributed by atoms with Crippen molar-refractivity contribution in [2.24, 2.45) is 11.1 Å². The van der Waals surface area contributed by atoms with Gasteiger partial charge in [-0.2, -0.15) is 4.98 Å². The summed E-state index contributed by atoms with van der Waals surface area (Å²) in [5, 5.41) is 4.04. The Morgan fingerprint density at radius 1 is 1.36 bits per heavy atom. The summed E-state index contributed by atoms with van der Waals surface area (Å²) in [5.74, 6) is 0.931. The van der Waals surface area contributed by atoms with Gasteiger partial charge in [0.2, 0.25) is 0 Å². The van der Waals surface area contributed by atoms with Crippen molar-refractivity contribution in [2.75, 3.05) is 13.6 Å². The van der Waals surface area contributed by atoms with Crippen molar-refractivity contribution in [3.8, 4) is 11.5 Å². The molecule has 2 aromatic rings. The summed E-state index contributed by atoms with van der Waals surface area (Å²) >= 11 is 0. The van der Waals surface area contributed by atoms with Crippen molar-refractivity contribution in [3.63, 3.8) is 0 Å². The van der Waals surface area contributed by atoms with Gasteiger partial charge in [-0.05, 0) is 42.9 Å². The van der Waals surface area contributed by atoms with Crippen LogP contribution in [0.5, 0.6) is 0 Å². The van der Waals surface area contributed by atoms with Gasteiger partial charge in [0, 0.05) is 24.7 Å². The van der Waals surface area contributed by atoms with Crippen LogP contribution in [0.25, 0.3) is 11.5 Å². The maximum atomic E-state index is 12.7. The summed E-state index contributed by atoms with van der Waals surface area (Å²) < 4.78 is 5.38. The third-order valence-corrected chi connectivity index (χ3v) is 4.53. The van der Waals surface area contributed by atoms with Gasteiger partial charge in [-0.25, -0.2) is 0 Å². The van der Waals surface area contributed by atoms with E-state index in [0.29, 0.717) is 23.8 Å². The summed E-state index contributed by atoms with van der Waals surface area (Å²) in [7, 11) is 1.82. The zero-order valence-electron chi connectivity index (χ0n) is 15.4. The second kappa shape index (κ2) is 6.26. The molecule has 1 aliphatic rings. The highest BCUT2D eigenvalue weighted by molar-refractivity contribution is 5.95. The zero-order chi connectivity index (χ0) is 18.2. The zero-order valence-corrected chi connectivity index (χ0v) is 15.4. The van der Waals surface area contributed by atoms with Crippen molar-refractivity contribution in [2.45, 2.75) is 45.6 Å². The number of nitrogens with zero attached hydrogens (tertiary/aromatic N) is 3. The Kier molecular flexibility index (Phi) is 4.41. The molecule has 1 aromatic heterocycles. The van der Waals surface area contributed by atoms with Gasteiger partial charge >= 0.3 is 0 Å². The van der Waals surface area contributed by atoms with Gasteiger partial charge in [0.15, 0.2) is 5.82 Å². The lowest BCUT2D eigenvalue weighted by Crippen LogP contribution is -2.44. The van der Waals surface area contributed by atoms with Gasteiger partial charge in [0.1, 0.15) is 0 Å². The van der Waals surface area contributed by atoms with E-state index in [1.807, 2.05) is 19.2 Å². The van der Waals surface area contributed by atoms with Crippen LogP contribution in [0.2, 0.25) is 0 Å². The summed E-state index contributed by atoms with van der Waals surface area (Å²) in [6.07, 6.45) is 2.84. The topological polar surface area (TPSA) is 85.2 Å². The molecular weight excluding hydrogens is 316 g/mol. The first-order valence-electron chi connectivity index (χ1n) is 8.67. The van der Waals surface area contributed by atoms with Crippen LogP contribution in [0, 0.1) is 5.41 Å². The van der Waals surface area contributed by atoms with Gasteiger partial charge in [-0.15, -0.1) is 0 Å². The average molecular weight is 342 g/mol. The van der Waals surface area contributed by atoms with Crippen LogP contribution in [0.4, 0.5) is 0 Å². The minimum atomic E-state index is -0.456. The molecule has 1 heterocycles. The number of rotatable bonds is 4. The van der Waals surface area contributed by atoms with E-state index in [1.165, 1.54) is 0 Å². The molecule has 134 valence electrons. The molecule has 6 heteroatoms. The van der Waals surface area contributed by atoms with E-state index in [9.17, 15) is 4.79 Å². The second-order valence-electron chi connectivity index (χ2n) is 8.24. The fourth-order valence-corrected chi connectivity index (χ4v) is 3.11. The molecule has 1 amide bonds. The van der Waals surface area contributed by atoms with E-state index in [0.717, 1.165) is 24.8 Å². The Bertz CT molecular complexity index is 772. The molecule has 6 nitrogen and oxygen atoms in total. The molecule has 1 aliphatic carbocycles. The van der Waals surface area contributed by atoms with Crippen LogP contribution in [0.15, 0.2) is 28.8 Å². The molecule has 1 fully saturated rings. The molecule has 3 rings (SSSR count). The molecule has 0 saturated heterocycles. The molecule has 0 radical (unpaired) electrons. The molecule has 0 atom stereocenters. The lowest BCUT2D eigenvalue weighted by molar-refractivity contribution is 0.0745. The highest BCUT2D eigenvalue weighted by Gasteiger charge is 2.39. The van der Waals surface area contributed by atoms with Gasteiger partial charge in [-0.3, -0.25) is 4.79 Å². The van der Waals surface area contributed by atoms with Crippen molar-refractivity contribution >= 4 is 5.91 Å². The van der Waals surface area contributed by atoms with Gasteiger partial charge < -0.3 is 15.2 Å². The third-order valence-electron chi connectivity index (χ3n) is 4.53. The highest BCUT2D eigenvalue weighted by Crippen LogP contribution is 2.37. The van der Waals surface area contributed by atoms with Crippen molar-refractivity contribution in [3.05, 3.63) is 35.7 Å². The van der Waals surface area contributed by atoms with Gasteiger partial charge in [0.05, 0.1) is 5.54 Å². The summed E-state index contributed by atoms with van der Waals surface area (Å²) in [5.41, 5.74) is 7.17. The first kappa shape index (κ1) is 17.6. The molecule has 0 aliphatic heterocycles. The fourth-order valence-electron chi connectivity index (χ4n) is 3.11. The molecule has 0 spiro atoms. The number of nitrogens with two attached hydrogens (primary N) is 1. The molecule has 2 N–H and O–H groups in total. The molecule has 0 unspecified atom stereocenters. The van der Waals surface area contributed by atoms with E-state index < -0.39 is 5.54 Å². The number of hydrogen-bond acceptors (Lipinski definition) is 5. The van der Waals surface area contributed by atoms with Gasteiger partial charge in [0.25, 0.3) is 11.8 Å². The average Bonchev–Trinajstić information content (AvgIpc) is 3.00. The normalized spacial score (nSPS) is 16.4. The Morgan fingerprint density at radius 3 is 2.68 bits per heavy atom. The van der Waals surface area contributed by atoms with E-state index >= 15 is 0 Å². The summed E-state index contributed by atoms with van der Waals surface area (Å²) in [6, 6.07) is 7.29. The van der Waals surface area contributed by atoms with E-state index in [4.69, 9.17) is 10.3 Å². The third kappa shape index (κ3) is 3.74. The van der Waals surface area contributed by atoms with E-state index in [2.05, 4.69) is 30.9 Å². The standard InChI is InChI=1S/C19H26N4O2/c1-18(2,3)12-23(4)16(24)14-8-5-7-13(11-14)15-21-17(22-25-15)19(20)9-6-10-19/h5,7-8,11H,6,9-10,12,20H2,1-4H3. The molecule has 1 saturated carbocycles. The smallest absolute Gasteiger partial charge is 0.258 e. The Morgan fingerprint density at radius 2 is 2.08 bits per heavy atom. The molecule has 1 aromatic carbocycles. The maximum absolute atomic E-state index is 12.7. The van der Waals surface area contributed by atoms with Crippen LogP contribution in [0.3, 0.4) is 0 Å². The molecule has 0 bridgehead atoms. The first-order chi connectivity index (χ1) is 11.7. The predicted octanol–water partition coefficient (Wildman–Crippen LogP) is 3.19. The predicted molar refractivity (Wildman–Crippen MR) is 95.9 cm³/mol.